The molecule has 2 aromatic rings. The Hall–Kier alpha value is -2.24. The van der Waals surface area contributed by atoms with Gasteiger partial charge in [0.05, 0.1) is 6.04 Å². The fraction of sp³-hybridized carbons (Fsp3) is 0.467. The van der Waals surface area contributed by atoms with Crippen LogP contribution < -0.4 is 5.32 Å². The summed E-state index contributed by atoms with van der Waals surface area (Å²) >= 11 is 0. The number of nitrogens with zero attached hydrogens (tertiary/aromatic N) is 3. The molecule has 1 heterocycles. The highest BCUT2D eigenvalue weighted by molar-refractivity contribution is 5.94. The largest absolute Gasteiger partial charge is 0.342 e. The van der Waals surface area contributed by atoms with Gasteiger partial charge in [0.15, 0.2) is 5.82 Å². The normalized spacial score (nSPS) is 14.7. The molecule has 1 aromatic heterocycles. The van der Waals surface area contributed by atoms with Crippen LogP contribution in [0.4, 0.5) is 0 Å². The number of tetrazole rings is 1. The van der Waals surface area contributed by atoms with Crippen LogP contribution in [0, 0.1) is 0 Å². The number of fused-ring (bicyclic) bond motifs is 1. The Morgan fingerprint density at radius 2 is 2.24 bits per heavy atom. The molecule has 6 nitrogen and oxygen atoms in total. The molecule has 110 valence electrons. The number of aryl methyl sites for hydroxylation is 2. The minimum absolute atomic E-state index is 0.0760. The number of amides is 1. The molecule has 0 unspecified atom stereocenters. The first-order valence-corrected chi connectivity index (χ1v) is 7.44. The van der Waals surface area contributed by atoms with Crippen LogP contribution >= 0.6 is 0 Å². The van der Waals surface area contributed by atoms with Crippen LogP contribution in [0.25, 0.3) is 0 Å². The topological polar surface area (TPSA) is 83.6 Å². The minimum atomic E-state index is -0.200. The Morgan fingerprint density at radius 1 is 1.38 bits per heavy atom. The first-order chi connectivity index (χ1) is 10.3. The van der Waals surface area contributed by atoms with E-state index in [0.29, 0.717) is 11.4 Å². The van der Waals surface area contributed by atoms with Crippen LogP contribution in [0.15, 0.2) is 18.2 Å². The van der Waals surface area contributed by atoms with E-state index in [4.69, 9.17) is 0 Å². The summed E-state index contributed by atoms with van der Waals surface area (Å²) < 4.78 is 0. The maximum atomic E-state index is 12.4. The number of carbonyl (C=O) groups is 1. The minimum Gasteiger partial charge on any atom is -0.342 e. The van der Waals surface area contributed by atoms with Gasteiger partial charge < -0.3 is 5.32 Å². The van der Waals surface area contributed by atoms with Crippen molar-refractivity contribution in [1.82, 2.24) is 25.9 Å². The summed E-state index contributed by atoms with van der Waals surface area (Å²) in [6.45, 7) is 2.06. The van der Waals surface area contributed by atoms with E-state index in [1.807, 2.05) is 12.1 Å². The van der Waals surface area contributed by atoms with Gasteiger partial charge in [-0.05, 0) is 48.9 Å². The molecule has 21 heavy (non-hydrogen) atoms. The van der Waals surface area contributed by atoms with Crippen molar-refractivity contribution in [2.45, 2.75) is 45.1 Å². The Balaban J connectivity index is 1.75. The van der Waals surface area contributed by atoms with E-state index in [-0.39, 0.29) is 11.9 Å². The van der Waals surface area contributed by atoms with E-state index >= 15 is 0 Å². The van der Waals surface area contributed by atoms with Crippen LogP contribution in [0.1, 0.15) is 59.5 Å². The van der Waals surface area contributed by atoms with E-state index in [1.165, 1.54) is 17.5 Å². The predicted molar refractivity (Wildman–Crippen MR) is 77.8 cm³/mol. The van der Waals surface area contributed by atoms with Gasteiger partial charge in [-0.1, -0.05) is 24.6 Å². The number of nitrogens with one attached hydrogen (secondary N) is 2. The Morgan fingerprint density at radius 3 is 3.00 bits per heavy atom. The zero-order valence-electron chi connectivity index (χ0n) is 12.1. The molecule has 0 bridgehead atoms. The zero-order chi connectivity index (χ0) is 14.7. The molecule has 1 amide bonds. The lowest BCUT2D eigenvalue weighted by atomic mass is 10.1. The maximum Gasteiger partial charge on any atom is 0.251 e. The van der Waals surface area contributed by atoms with Gasteiger partial charge >= 0.3 is 0 Å². The molecule has 3 rings (SSSR count). The molecule has 1 aromatic carbocycles. The van der Waals surface area contributed by atoms with Crippen molar-refractivity contribution in [1.29, 1.82) is 0 Å². The van der Waals surface area contributed by atoms with Gasteiger partial charge in [0.1, 0.15) is 0 Å². The molecule has 1 atom stereocenters. The van der Waals surface area contributed by atoms with E-state index in [1.54, 1.807) is 0 Å². The van der Waals surface area contributed by atoms with Crippen LogP contribution in [0.5, 0.6) is 0 Å². The first-order valence-electron chi connectivity index (χ1n) is 7.44. The second-order valence-electron chi connectivity index (χ2n) is 5.42. The van der Waals surface area contributed by atoms with Gasteiger partial charge in [-0.15, -0.1) is 10.2 Å². The molecule has 0 spiro atoms. The molecule has 6 heteroatoms. The van der Waals surface area contributed by atoms with Crippen molar-refractivity contribution < 1.29 is 4.79 Å². The SMILES string of the molecule is CCC[C@H](NC(=O)c1ccc2c(c1)CCC2)c1nn[nH]n1. The first kappa shape index (κ1) is 13.7. The predicted octanol–water partition coefficient (Wildman–Crippen LogP) is 1.96. The van der Waals surface area contributed by atoms with Crippen molar-refractivity contribution in [3.8, 4) is 0 Å². The van der Waals surface area contributed by atoms with E-state index in [9.17, 15) is 4.79 Å². The molecular formula is C15H19N5O. The maximum absolute atomic E-state index is 12.4. The lowest BCUT2D eigenvalue weighted by molar-refractivity contribution is 0.0932. The summed E-state index contributed by atoms with van der Waals surface area (Å²) in [5.41, 5.74) is 3.38. The smallest absolute Gasteiger partial charge is 0.251 e. The fourth-order valence-electron chi connectivity index (χ4n) is 2.83. The Kier molecular flexibility index (Phi) is 3.94. The van der Waals surface area contributed by atoms with Crippen LogP contribution in [-0.2, 0) is 12.8 Å². The molecule has 1 aliphatic carbocycles. The lowest BCUT2D eigenvalue weighted by Crippen LogP contribution is -2.29. The molecule has 1 aliphatic rings. The average Bonchev–Trinajstić information content (AvgIpc) is 3.17. The highest BCUT2D eigenvalue weighted by atomic mass is 16.1. The third-order valence-electron chi connectivity index (χ3n) is 3.92. The molecule has 0 aliphatic heterocycles. The summed E-state index contributed by atoms with van der Waals surface area (Å²) in [4.78, 5) is 12.4. The summed E-state index contributed by atoms with van der Waals surface area (Å²) in [6, 6.07) is 5.78. The van der Waals surface area contributed by atoms with Crippen molar-refractivity contribution in [2.24, 2.45) is 0 Å². The lowest BCUT2D eigenvalue weighted by Gasteiger charge is -2.15. The number of aromatic amines is 1. The second-order valence-corrected chi connectivity index (χ2v) is 5.42. The van der Waals surface area contributed by atoms with Gasteiger partial charge in [0, 0.05) is 5.56 Å². The number of hydrogen-bond donors (Lipinski definition) is 2. The number of benzene rings is 1. The number of rotatable bonds is 5. The summed E-state index contributed by atoms with van der Waals surface area (Å²) in [7, 11) is 0. The van der Waals surface area contributed by atoms with Crippen molar-refractivity contribution in [3.63, 3.8) is 0 Å². The van der Waals surface area contributed by atoms with E-state index in [2.05, 4.69) is 38.9 Å². The Bertz CT molecular complexity index is 623. The zero-order valence-corrected chi connectivity index (χ0v) is 12.1. The van der Waals surface area contributed by atoms with Gasteiger partial charge in [0.25, 0.3) is 5.91 Å². The number of carbonyl (C=O) groups excluding carboxylic acids is 1. The van der Waals surface area contributed by atoms with Crippen molar-refractivity contribution >= 4 is 5.91 Å². The number of aromatic nitrogens is 4. The van der Waals surface area contributed by atoms with Gasteiger partial charge in [-0.25, -0.2) is 0 Å². The van der Waals surface area contributed by atoms with Gasteiger partial charge in [0.2, 0.25) is 0 Å². The van der Waals surface area contributed by atoms with Crippen molar-refractivity contribution in [3.05, 3.63) is 40.7 Å². The number of hydrogen-bond acceptors (Lipinski definition) is 4. The fourth-order valence-corrected chi connectivity index (χ4v) is 2.83. The molecular weight excluding hydrogens is 266 g/mol. The monoisotopic (exact) mass is 285 g/mol. The van der Waals surface area contributed by atoms with Gasteiger partial charge in [-0.2, -0.15) is 5.21 Å². The quantitative estimate of drug-likeness (QED) is 0.879. The molecule has 0 radical (unpaired) electrons. The highest BCUT2D eigenvalue weighted by Crippen LogP contribution is 2.23. The molecule has 0 fully saturated rings. The van der Waals surface area contributed by atoms with Gasteiger partial charge in [-0.3, -0.25) is 4.79 Å². The van der Waals surface area contributed by atoms with Crippen molar-refractivity contribution in [2.75, 3.05) is 0 Å². The third kappa shape index (κ3) is 2.94. The van der Waals surface area contributed by atoms with Crippen LogP contribution in [-0.4, -0.2) is 26.5 Å². The summed E-state index contributed by atoms with van der Waals surface area (Å²) in [5.74, 6) is 0.458. The second kappa shape index (κ2) is 6.03. The highest BCUT2D eigenvalue weighted by Gasteiger charge is 2.20. The van der Waals surface area contributed by atoms with Crippen LogP contribution in [0.2, 0.25) is 0 Å². The summed E-state index contributed by atoms with van der Waals surface area (Å²) in [6.07, 6.45) is 5.10. The summed E-state index contributed by atoms with van der Waals surface area (Å²) in [5, 5.41) is 17.0. The standard InChI is InChI=1S/C15H19N5O/c1-2-4-13(14-17-19-20-18-14)16-15(21)12-8-7-10-5-3-6-11(10)9-12/h7-9,13H,2-6H2,1H3,(H,16,21)(H,17,18,19,20)/t13-/m0/s1. The van der Waals surface area contributed by atoms with E-state index in [0.717, 1.165) is 25.7 Å². The van der Waals surface area contributed by atoms with Crippen LogP contribution in [0.3, 0.4) is 0 Å². The Labute approximate surface area is 123 Å². The molecule has 0 saturated carbocycles. The molecule has 0 saturated heterocycles. The number of H-pyrrole nitrogens is 1. The third-order valence-corrected chi connectivity index (χ3v) is 3.92. The average molecular weight is 285 g/mol. The molecule has 2 N–H and O–H groups in total. The van der Waals surface area contributed by atoms with E-state index < -0.39 is 0 Å².